The summed E-state index contributed by atoms with van der Waals surface area (Å²) < 4.78 is 1.85. The summed E-state index contributed by atoms with van der Waals surface area (Å²) in [6.45, 7) is 12.1. The highest BCUT2D eigenvalue weighted by Gasteiger charge is 2.21. The van der Waals surface area contributed by atoms with Crippen LogP contribution < -0.4 is 4.90 Å². The van der Waals surface area contributed by atoms with Gasteiger partial charge < -0.3 is 9.80 Å². The number of hydrogen-bond donors (Lipinski definition) is 0. The SMILES string of the molecule is Cc1nn(C)c2ncnc(N3CCCN(CC(C)C)CC3)c12. The number of rotatable bonds is 3. The van der Waals surface area contributed by atoms with Crippen molar-refractivity contribution in [2.45, 2.75) is 27.2 Å². The highest BCUT2D eigenvalue weighted by Crippen LogP contribution is 2.26. The van der Waals surface area contributed by atoms with Gasteiger partial charge in [0.1, 0.15) is 12.1 Å². The molecule has 0 amide bonds. The van der Waals surface area contributed by atoms with Gasteiger partial charge in [0.15, 0.2) is 5.65 Å². The standard InChI is InChI=1S/C16H26N6/c1-12(2)10-21-6-5-7-22(9-8-21)16-14-13(3)19-20(4)15(14)17-11-18-16/h11-12H,5-10H2,1-4H3. The molecule has 6 heteroatoms. The molecule has 0 bridgehead atoms. The van der Waals surface area contributed by atoms with E-state index in [2.05, 4.69) is 38.7 Å². The Kier molecular flexibility index (Phi) is 4.29. The third-order valence-corrected chi connectivity index (χ3v) is 4.29. The summed E-state index contributed by atoms with van der Waals surface area (Å²) in [4.78, 5) is 13.9. The van der Waals surface area contributed by atoms with Crippen molar-refractivity contribution in [1.29, 1.82) is 0 Å². The van der Waals surface area contributed by atoms with Gasteiger partial charge in [-0.05, 0) is 25.8 Å². The predicted octanol–water partition coefficient (Wildman–Crippen LogP) is 1.84. The van der Waals surface area contributed by atoms with Gasteiger partial charge in [0.05, 0.1) is 11.1 Å². The van der Waals surface area contributed by atoms with Crippen molar-refractivity contribution in [2.75, 3.05) is 37.6 Å². The van der Waals surface area contributed by atoms with Crippen LogP contribution in [0.5, 0.6) is 0 Å². The largest absolute Gasteiger partial charge is 0.355 e. The van der Waals surface area contributed by atoms with Crippen molar-refractivity contribution in [3.05, 3.63) is 12.0 Å². The van der Waals surface area contributed by atoms with Crippen LogP contribution >= 0.6 is 0 Å². The van der Waals surface area contributed by atoms with E-state index in [1.54, 1.807) is 6.33 Å². The number of aryl methyl sites for hydroxylation is 2. The number of fused-ring (bicyclic) bond motifs is 1. The van der Waals surface area contributed by atoms with E-state index in [1.807, 2.05) is 18.7 Å². The number of aromatic nitrogens is 4. The molecule has 2 aromatic heterocycles. The molecule has 22 heavy (non-hydrogen) atoms. The van der Waals surface area contributed by atoms with Gasteiger partial charge in [0.25, 0.3) is 0 Å². The highest BCUT2D eigenvalue weighted by molar-refractivity contribution is 5.89. The number of hydrogen-bond acceptors (Lipinski definition) is 5. The Morgan fingerprint density at radius 2 is 1.95 bits per heavy atom. The van der Waals surface area contributed by atoms with Crippen LogP contribution in [0.1, 0.15) is 26.0 Å². The lowest BCUT2D eigenvalue weighted by Crippen LogP contribution is -2.33. The van der Waals surface area contributed by atoms with Crippen LogP contribution in [-0.4, -0.2) is 57.4 Å². The monoisotopic (exact) mass is 302 g/mol. The van der Waals surface area contributed by atoms with Crippen LogP contribution in [0.25, 0.3) is 11.0 Å². The van der Waals surface area contributed by atoms with Crippen molar-refractivity contribution in [3.8, 4) is 0 Å². The van der Waals surface area contributed by atoms with Crippen LogP contribution in [-0.2, 0) is 7.05 Å². The first-order chi connectivity index (χ1) is 10.6. The lowest BCUT2D eigenvalue weighted by molar-refractivity contribution is 0.261. The van der Waals surface area contributed by atoms with Gasteiger partial charge in [-0.3, -0.25) is 4.68 Å². The van der Waals surface area contributed by atoms with E-state index in [0.29, 0.717) is 0 Å². The second kappa shape index (κ2) is 6.20. The van der Waals surface area contributed by atoms with Gasteiger partial charge in [-0.1, -0.05) is 13.8 Å². The van der Waals surface area contributed by atoms with E-state index in [9.17, 15) is 0 Å². The van der Waals surface area contributed by atoms with Gasteiger partial charge in [-0.15, -0.1) is 0 Å². The summed E-state index contributed by atoms with van der Waals surface area (Å²) in [6.07, 6.45) is 2.84. The Balaban J connectivity index is 1.85. The van der Waals surface area contributed by atoms with E-state index < -0.39 is 0 Å². The Hall–Kier alpha value is -1.69. The molecule has 6 nitrogen and oxygen atoms in total. The summed E-state index contributed by atoms with van der Waals surface area (Å²) in [5.41, 5.74) is 1.93. The van der Waals surface area contributed by atoms with Gasteiger partial charge in [0.2, 0.25) is 0 Å². The first-order valence-electron chi connectivity index (χ1n) is 8.18. The molecular formula is C16H26N6. The van der Waals surface area contributed by atoms with E-state index in [1.165, 1.54) is 19.5 Å². The minimum Gasteiger partial charge on any atom is -0.355 e. The molecule has 0 unspecified atom stereocenters. The lowest BCUT2D eigenvalue weighted by Gasteiger charge is -2.24. The summed E-state index contributed by atoms with van der Waals surface area (Å²) in [7, 11) is 1.94. The summed E-state index contributed by atoms with van der Waals surface area (Å²) in [5.74, 6) is 1.76. The number of anilines is 1. The first-order valence-corrected chi connectivity index (χ1v) is 8.18. The minimum absolute atomic E-state index is 0.720. The summed E-state index contributed by atoms with van der Waals surface area (Å²) in [5, 5.41) is 5.60. The molecule has 0 atom stereocenters. The van der Waals surface area contributed by atoms with Crippen molar-refractivity contribution in [2.24, 2.45) is 13.0 Å². The van der Waals surface area contributed by atoms with Crippen molar-refractivity contribution < 1.29 is 0 Å². The van der Waals surface area contributed by atoms with Gasteiger partial charge in [-0.2, -0.15) is 5.10 Å². The fraction of sp³-hybridized carbons (Fsp3) is 0.688. The Labute approximate surface area is 132 Å². The molecule has 1 fully saturated rings. The van der Waals surface area contributed by atoms with Gasteiger partial charge >= 0.3 is 0 Å². The molecule has 1 aliphatic heterocycles. The molecule has 2 aromatic rings. The maximum Gasteiger partial charge on any atom is 0.163 e. The van der Waals surface area contributed by atoms with Crippen LogP contribution in [0.15, 0.2) is 6.33 Å². The van der Waals surface area contributed by atoms with Crippen LogP contribution in [0.2, 0.25) is 0 Å². The molecule has 0 aliphatic carbocycles. The third-order valence-electron chi connectivity index (χ3n) is 4.29. The van der Waals surface area contributed by atoms with E-state index >= 15 is 0 Å². The molecule has 1 aliphatic rings. The molecule has 0 aromatic carbocycles. The molecule has 0 N–H and O–H groups in total. The zero-order chi connectivity index (χ0) is 15.7. The van der Waals surface area contributed by atoms with E-state index in [0.717, 1.165) is 48.1 Å². The third kappa shape index (κ3) is 2.92. The Morgan fingerprint density at radius 1 is 1.14 bits per heavy atom. The maximum atomic E-state index is 4.58. The molecular weight excluding hydrogens is 276 g/mol. The first kappa shape index (κ1) is 15.2. The molecule has 0 radical (unpaired) electrons. The maximum absolute atomic E-state index is 4.58. The van der Waals surface area contributed by atoms with Crippen molar-refractivity contribution in [1.82, 2.24) is 24.6 Å². The van der Waals surface area contributed by atoms with Crippen LogP contribution in [0.3, 0.4) is 0 Å². The smallest absolute Gasteiger partial charge is 0.163 e. The molecule has 0 spiro atoms. The Bertz CT molecular complexity index is 647. The number of nitrogens with zero attached hydrogens (tertiary/aromatic N) is 6. The summed E-state index contributed by atoms with van der Waals surface area (Å²) >= 11 is 0. The minimum atomic E-state index is 0.720. The molecule has 120 valence electrons. The quantitative estimate of drug-likeness (QED) is 0.866. The highest BCUT2D eigenvalue weighted by atomic mass is 15.3. The summed E-state index contributed by atoms with van der Waals surface area (Å²) in [6, 6.07) is 0. The van der Waals surface area contributed by atoms with Crippen molar-refractivity contribution in [3.63, 3.8) is 0 Å². The zero-order valence-corrected chi connectivity index (χ0v) is 14.1. The molecule has 3 heterocycles. The van der Waals surface area contributed by atoms with E-state index in [-0.39, 0.29) is 0 Å². The fourth-order valence-corrected chi connectivity index (χ4v) is 3.38. The average Bonchev–Trinajstić information content (AvgIpc) is 2.65. The average molecular weight is 302 g/mol. The predicted molar refractivity (Wildman–Crippen MR) is 89.1 cm³/mol. The van der Waals surface area contributed by atoms with Gasteiger partial charge in [0, 0.05) is 33.2 Å². The second-order valence-electron chi connectivity index (χ2n) is 6.64. The van der Waals surface area contributed by atoms with Gasteiger partial charge in [-0.25, -0.2) is 9.97 Å². The van der Waals surface area contributed by atoms with Crippen molar-refractivity contribution >= 4 is 16.9 Å². The van der Waals surface area contributed by atoms with Crippen LogP contribution in [0.4, 0.5) is 5.82 Å². The van der Waals surface area contributed by atoms with E-state index in [4.69, 9.17) is 0 Å². The molecule has 3 rings (SSSR count). The molecule has 0 saturated carbocycles. The van der Waals surface area contributed by atoms with Crippen LogP contribution in [0, 0.1) is 12.8 Å². The zero-order valence-electron chi connectivity index (χ0n) is 14.1. The lowest BCUT2D eigenvalue weighted by atomic mass is 10.2. The second-order valence-corrected chi connectivity index (χ2v) is 6.64. The normalized spacial score (nSPS) is 17.4. The Morgan fingerprint density at radius 3 is 2.73 bits per heavy atom. The molecule has 1 saturated heterocycles. The topological polar surface area (TPSA) is 50.1 Å². The fourth-order valence-electron chi connectivity index (χ4n) is 3.38.